The fourth-order valence-electron chi connectivity index (χ4n) is 2.42. The first kappa shape index (κ1) is 14.7. The fraction of sp³-hybridized carbons (Fsp3) is 0.538. The summed E-state index contributed by atoms with van der Waals surface area (Å²) in [5.74, 6) is 0.148. The lowest BCUT2D eigenvalue weighted by molar-refractivity contribution is 0.0930. The summed E-state index contributed by atoms with van der Waals surface area (Å²) in [7, 11) is 0. The number of hydrogen-bond donors (Lipinski definition) is 2. The molecular formula is C13H18BrN3OS. The fourth-order valence-corrected chi connectivity index (χ4v) is 3.69. The predicted octanol–water partition coefficient (Wildman–Crippen LogP) is 2.83. The number of nitrogens with zero attached hydrogens (tertiary/aromatic N) is 1. The van der Waals surface area contributed by atoms with Crippen LogP contribution in [0.25, 0.3) is 0 Å². The van der Waals surface area contributed by atoms with Crippen molar-refractivity contribution in [2.24, 2.45) is 0 Å². The molecule has 4 nitrogen and oxygen atoms in total. The van der Waals surface area contributed by atoms with Crippen LogP contribution in [-0.2, 0) is 0 Å². The van der Waals surface area contributed by atoms with Gasteiger partial charge in [0.25, 0.3) is 5.91 Å². The van der Waals surface area contributed by atoms with E-state index < -0.39 is 0 Å². The second-order valence-corrected chi connectivity index (χ2v) is 6.72. The Morgan fingerprint density at radius 3 is 3.00 bits per heavy atom. The number of hydrogen-bond acceptors (Lipinski definition) is 4. The van der Waals surface area contributed by atoms with Crippen molar-refractivity contribution in [3.05, 3.63) is 22.3 Å². The topological polar surface area (TPSA) is 68.0 Å². The van der Waals surface area contributed by atoms with E-state index >= 15 is 0 Å². The first-order valence-electron chi connectivity index (χ1n) is 6.36. The predicted molar refractivity (Wildman–Crippen MR) is 83.4 cm³/mol. The molecule has 1 aliphatic carbocycles. The van der Waals surface area contributed by atoms with Crippen LogP contribution in [0.2, 0.25) is 0 Å². The van der Waals surface area contributed by atoms with Gasteiger partial charge >= 0.3 is 0 Å². The van der Waals surface area contributed by atoms with Gasteiger partial charge in [-0.05, 0) is 41.1 Å². The van der Waals surface area contributed by atoms with E-state index in [-0.39, 0.29) is 17.8 Å². The number of nitrogen functional groups attached to an aromatic ring is 1. The Bertz CT molecular complexity index is 469. The van der Waals surface area contributed by atoms with Gasteiger partial charge in [0.05, 0.1) is 5.56 Å². The van der Waals surface area contributed by atoms with Crippen molar-refractivity contribution in [2.45, 2.75) is 37.0 Å². The molecule has 0 aliphatic heterocycles. The standard InChI is InChI=1S/C13H18BrN3OS/c1-19-11-5-3-2-4-10(11)17-13(18)9-6-8(14)7-16-12(9)15/h6-7,10-11H,2-5H2,1H3,(H2,15,16)(H,17,18). The Morgan fingerprint density at radius 1 is 1.53 bits per heavy atom. The van der Waals surface area contributed by atoms with E-state index in [9.17, 15) is 4.79 Å². The third-order valence-corrected chi connectivity index (χ3v) is 5.05. The summed E-state index contributed by atoms with van der Waals surface area (Å²) in [5, 5.41) is 3.60. The second-order valence-electron chi connectivity index (χ2n) is 4.72. The van der Waals surface area contributed by atoms with Crippen LogP contribution in [0, 0.1) is 0 Å². The lowest BCUT2D eigenvalue weighted by Crippen LogP contribution is -2.43. The first-order valence-corrected chi connectivity index (χ1v) is 8.44. The number of amides is 1. The summed E-state index contributed by atoms with van der Waals surface area (Å²) in [4.78, 5) is 16.3. The molecule has 0 spiro atoms. The number of aromatic nitrogens is 1. The molecule has 104 valence electrons. The molecule has 2 rings (SSSR count). The van der Waals surface area contributed by atoms with Crippen molar-refractivity contribution in [1.82, 2.24) is 10.3 Å². The normalized spacial score (nSPS) is 23.1. The van der Waals surface area contributed by atoms with E-state index in [0.717, 1.165) is 10.9 Å². The zero-order valence-electron chi connectivity index (χ0n) is 10.9. The minimum absolute atomic E-state index is 0.128. The summed E-state index contributed by atoms with van der Waals surface area (Å²) < 4.78 is 0.761. The van der Waals surface area contributed by atoms with Crippen LogP contribution in [0.3, 0.4) is 0 Å². The van der Waals surface area contributed by atoms with Crippen molar-refractivity contribution in [3.8, 4) is 0 Å². The number of rotatable bonds is 3. The first-order chi connectivity index (χ1) is 9.11. The highest BCUT2D eigenvalue weighted by molar-refractivity contribution is 9.10. The van der Waals surface area contributed by atoms with Crippen molar-refractivity contribution in [3.63, 3.8) is 0 Å². The molecule has 1 fully saturated rings. The summed E-state index contributed by atoms with van der Waals surface area (Å²) in [5.41, 5.74) is 6.21. The average Bonchev–Trinajstić information content (AvgIpc) is 2.42. The zero-order valence-corrected chi connectivity index (χ0v) is 13.3. The van der Waals surface area contributed by atoms with Gasteiger partial charge in [-0.1, -0.05) is 12.8 Å². The van der Waals surface area contributed by atoms with E-state index in [0.29, 0.717) is 10.8 Å². The molecule has 0 bridgehead atoms. The van der Waals surface area contributed by atoms with Gasteiger partial charge in [0.1, 0.15) is 5.82 Å². The summed E-state index contributed by atoms with van der Waals surface area (Å²) in [6, 6.07) is 1.95. The van der Waals surface area contributed by atoms with Gasteiger partial charge in [-0.25, -0.2) is 4.98 Å². The second kappa shape index (κ2) is 6.61. The number of anilines is 1. The maximum Gasteiger partial charge on any atom is 0.255 e. The van der Waals surface area contributed by atoms with Gasteiger partial charge in [-0.2, -0.15) is 11.8 Å². The summed E-state index contributed by atoms with van der Waals surface area (Å²) >= 11 is 5.14. The molecule has 1 aliphatic rings. The largest absolute Gasteiger partial charge is 0.383 e. The van der Waals surface area contributed by atoms with Gasteiger partial charge in [0, 0.05) is 22.0 Å². The van der Waals surface area contributed by atoms with E-state index in [1.807, 2.05) is 11.8 Å². The maximum atomic E-state index is 12.3. The molecule has 2 atom stereocenters. The van der Waals surface area contributed by atoms with Crippen LogP contribution in [-0.4, -0.2) is 28.4 Å². The average molecular weight is 344 g/mol. The number of carbonyl (C=O) groups excluding carboxylic acids is 1. The highest BCUT2D eigenvalue weighted by Crippen LogP contribution is 2.27. The van der Waals surface area contributed by atoms with Gasteiger partial charge in [0.2, 0.25) is 0 Å². The minimum atomic E-state index is -0.128. The molecule has 3 N–H and O–H groups in total. The molecule has 1 amide bonds. The molecule has 1 heterocycles. The number of nitrogens with two attached hydrogens (primary N) is 1. The lowest BCUT2D eigenvalue weighted by Gasteiger charge is -2.31. The molecular weight excluding hydrogens is 326 g/mol. The minimum Gasteiger partial charge on any atom is -0.383 e. The van der Waals surface area contributed by atoms with Gasteiger partial charge in [-0.3, -0.25) is 4.79 Å². The van der Waals surface area contributed by atoms with Crippen LogP contribution in [0.1, 0.15) is 36.0 Å². The molecule has 0 radical (unpaired) electrons. The Kier molecular flexibility index (Phi) is 5.10. The van der Waals surface area contributed by atoms with Gasteiger partial charge in [0.15, 0.2) is 0 Å². The number of carbonyl (C=O) groups is 1. The molecule has 0 aromatic carbocycles. The Hall–Kier alpha value is -0.750. The molecule has 1 aromatic rings. The SMILES string of the molecule is CSC1CCCCC1NC(=O)c1cc(Br)cnc1N. The van der Waals surface area contributed by atoms with Crippen LogP contribution in [0.5, 0.6) is 0 Å². The van der Waals surface area contributed by atoms with Crippen LogP contribution >= 0.6 is 27.7 Å². The van der Waals surface area contributed by atoms with Crippen molar-refractivity contribution in [1.29, 1.82) is 0 Å². The van der Waals surface area contributed by atoms with E-state index in [2.05, 4.69) is 32.5 Å². The smallest absolute Gasteiger partial charge is 0.255 e. The summed E-state index contributed by atoms with van der Waals surface area (Å²) in [6.45, 7) is 0. The Morgan fingerprint density at radius 2 is 2.26 bits per heavy atom. The Balaban J connectivity index is 2.09. The number of thioether (sulfide) groups is 1. The van der Waals surface area contributed by atoms with Gasteiger partial charge in [-0.15, -0.1) is 0 Å². The Labute approximate surface area is 126 Å². The third kappa shape index (κ3) is 3.63. The zero-order chi connectivity index (χ0) is 13.8. The van der Waals surface area contributed by atoms with Gasteiger partial charge < -0.3 is 11.1 Å². The van der Waals surface area contributed by atoms with E-state index in [4.69, 9.17) is 5.73 Å². The number of pyridine rings is 1. The highest BCUT2D eigenvalue weighted by Gasteiger charge is 2.26. The highest BCUT2D eigenvalue weighted by atomic mass is 79.9. The third-order valence-electron chi connectivity index (χ3n) is 3.45. The summed E-state index contributed by atoms with van der Waals surface area (Å²) in [6.07, 6.45) is 8.32. The van der Waals surface area contributed by atoms with Crippen molar-refractivity contribution in [2.75, 3.05) is 12.0 Å². The number of halogens is 1. The molecule has 1 aromatic heterocycles. The maximum absolute atomic E-state index is 12.3. The van der Waals surface area contributed by atoms with E-state index in [1.165, 1.54) is 19.3 Å². The van der Waals surface area contributed by atoms with Crippen molar-refractivity contribution < 1.29 is 4.79 Å². The van der Waals surface area contributed by atoms with Crippen LogP contribution in [0.4, 0.5) is 5.82 Å². The molecule has 1 saturated carbocycles. The molecule has 19 heavy (non-hydrogen) atoms. The van der Waals surface area contributed by atoms with Crippen LogP contribution in [0.15, 0.2) is 16.7 Å². The number of nitrogens with one attached hydrogen (secondary N) is 1. The molecule has 2 unspecified atom stereocenters. The van der Waals surface area contributed by atoms with Crippen LogP contribution < -0.4 is 11.1 Å². The van der Waals surface area contributed by atoms with E-state index in [1.54, 1.807) is 12.3 Å². The monoisotopic (exact) mass is 343 g/mol. The molecule has 0 saturated heterocycles. The molecule has 6 heteroatoms. The quantitative estimate of drug-likeness (QED) is 0.885. The lowest BCUT2D eigenvalue weighted by atomic mass is 9.94. The van der Waals surface area contributed by atoms with Crippen molar-refractivity contribution >= 4 is 39.4 Å².